The number of rotatable bonds is 3. The first-order valence-corrected chi connectivity index (χ1v) is 4.27. The fourth-order valence-electron chi connectivity index (χ4n) is 1.28. The number of anilines is 1. The topological polar surface area (TPSA) is 56.7 Å². The van der Waals surface area contributed by atoms with Crippen LogP contribution in [0.15, 0.2) is 6.20 Å². The van der Waals surface area contributed by atoms with Crippen LogP contribution in [0, 0.1) is 5.92 Å². The first-order valence-electron chi connectivity index (χ1n) is 4.27. The lowest BCUT2D eigenvalue weighted by atomic mass is 10.1. The number of nitrogens with two attached hydrogens (primary N) is 1. The highest BCUT2D eigenvalue weighted by Crippen LogP contribution is 2.14. The molecule has 0 aromatic carbocycles. The van der Waals surface area contributed by atoms with Crippen molar-refractivity contribution >= 4 is 5.82 Å². The third kappa shape index (κ3) is 2.22. The quantitative estimate of drug-likeness (QED) is 0.743. The number of nitrogen functional groups attached to an aromatic ring is 1. The Morgan fingerprint density at radius 1 is 1.50 bits per heavy atom. The van der Waals surface area contributed by atoms with E-state index in [4.69, 9.17) is 5.73 Å². The van der Waals surface area contributed by atoms with Gasteiger partial charge in [-0.1, -0.05) is 13.8 Å². The van der Waals surface area contributed by atoms with Crippen molar-refractivity contribution in [2.45, 2.75) is 33.2 Å². The molecule has 1 atom stereocenters. The molecule has 0 spiro atoms. The first kappa shape index (κ1) is 9.03. The van der Waals surface area contributed by atoms with Crippen molar-refractivity contribution < 1.29 is 0 Å². The molecule has 4 nitrogen and oxygen atoms in total. The number of hydrogen-bond acceptors (Lipinski definition) is 3. The van der Waals surface area contributed by atoms with Crippen LogP contribution in [0.1, 0.15) is 33.2 Å². The van der Waals surface area contributed by atoms with Gasteiger partial charge in [0, 0.05) is 0 Å². The maximum absolute atomic E-state index is 5.45. The molecule has 0 aliphatic carbocycles. The van der Waals surface area contributed by atoms with Crippen LogP contribution in [0.25, 0.3) is 0 Å². The average Bonchev–Trinajstić information content (AvgIpc) is 2.34. The molecule has 0 radical (unpaired) electrons. The molecule has 2 N–H and O–H groups in total. The Labute approximate surface area is 72.8 Å². The van der Waals surface area contributed by atoms with Crippen molar-refractivity contribution in [1.82, 2.24) is 15.0 Å². The van der Waals surface area contributed by atoms with E-state index >= 15 is 0 Å². The summed E-state index contributed by atoms with van der Waals surface area (Å²) in [4.78, 5) is 1.68. The molecule has 4 heteroatoms. The zero-order valence-electron chi connectivity index (χ0n) is 7.86. The molecule has 12 heavy (non-hydrogen) atoms. The highest BCUT2D eigenvalue weighted by Gasteiger charge is 2.08. The normalized spacial score (nSPS) is 13.7. The van der Waals surface area contributed by atoms with Crippen LogP contribution in [0.2, 0.25) is 0 Å². The molecule has 0 saturated heterocycles. The lowest BCUT2D eigenvalue weighted by Crippen LogP contribution is -2.11. The van der Waals surface area contributed by atoms with Crippen molar-refractivity contribution in [2.75, 3.05) is 5.73 Å². The largest absolute Gasteiger partial charge is 0.381 e. The Balaban J connectivity index is 2.58. The van der Waals surface area contributed by atoms with E-state index < -0.39 is 0 Å². The summed E-state index contributed by atoms with van der Waals surface area (Å²) < 4.78 is 0. The first-order chi connectivity index (χ1) is 5.59. The summed E-state index contributed by atoms with van der Waals surface area (Å²) in [7, 11) is 0. The van der Waals surface area contributed by atoms with Crippen LogP contribution in [0.5, 0.6) is 0 Å². The number of hydrogen-bond donors (Lipinski definition) is 1. The SMILES string of the molecule is CC(C)CC(C)n1ncc(N)n1. The van der Waals surface area contributed by atoms with Gasteiger partial charge in [0.15, 0.2) is 5.82 Å². The maximum atomic E-state index is 5.45. The van der Waals surface area contributed by atoms with Gasteiger partial charge in [-0.2, -0.15) is 9.90 Å². The van der Waals surface area contributed by atoms with Gasteiger partial charge in [0.1, 0.15) is 0 Å². The van der Waals surface area contributed by atoms with Crippen molar-refractivity contribution in [3.63, 3.8) is 0 Å². The van der Waals surface area contributed by atoms with E-state index in [9.17, 15) is 0 Å². The van der Waals surface area contributed by atoms with E-state index in [0.29, 0.717) is 17.8 Å². The summed E-state index contributed by atoms with van der Waals surface area (Å²) in [5.74, 6) is 1.15. The predicted molar refractivity (Wildman–Crippen MR) is 48.6 cm³/mol. The maximum Gasteiger partial charge on any atom is 0.165 e. The molecule has 1 heterocycles. The Bertz CT molecular complexity index is 241. The van der Waals surface area contributed by atoms with Crippen molar-refractivity contribution in [1.29, 1.82) is 0 Å². The van der Waals surface area contributed by atoms with E-state index in [0.717, 1.165) is 6.42 Å². The summed E-state index contributed by atoms with van der Waals surface area (Å²) in [6.45, 7) is 6.46. The Morgan fingerprint density at radius 2 is 2.17 bits per heavy atom. The highest BCUT2D eigenvalue weighted by atomic mass is 15.5. The fourth-order valence-corrected chi connectivity index (χ4v) is 1.28. The molecule has 0 saturated carbocycles. The Morgan fingerprint density at radius 3 is 2.58 bits per heavy atom. The Kier molecular flexibility index (Phi) is 2.68. The molecule has 0 fully saturated rings. The van der Waals surface area contributed by atoms with Gasteiger partial charge in [0.05, 0.1) is 12.2 Å². The smallest absolute Gasteiger partial charge is 0.165 e. The molecule has 1 aromatic heterocycles. The minimum Gasteiger partial charge on any atom is -0.381 e. The van der Waals surface area contributed by atoms with E-state index in [1.807, 2.05) is 0 Å². The van der Waals surface area contributed by atoms with Crippen molar-refractivity contribution in [2.24, 2.45) is 5.92 Å². The summed E-state index contributed by atoms with van der Waals surface area (Å²) in [5, 5.41) is 8.10. The summed E-state index contributed by atoms with van der Waals surface area (Å²) in [5.41, 5.74) is 5.45. The van der Waals surface area contributed by atoms with Gasteiger partial charge in [-0.05, 0) is 19.3 Å². The second kappa shape index (κ2) is 3.56. The summed E-state index contributed by atoms with van der Waals surface area (Å²) >= 11 is 0. The molecular formula is C8H16N4. The molecule has 0 aliphatic rings. The van der Waals surface area contributed by atoms with Gasteiger partial charge in [-0.25, -0.2) is 0 Å². The standard InChI is InChI=1S/C8H16N4/c1-6(2)4-7(3)12-10-5-8(9)11-12/h5-7H,4H2,1-3H3,(H2,9,11). The lowest BCUT2D eigenvalue weighted by molar-refractivity contribution is 0.363. The monoisotopic (exact) mass is 168 g/mol. The highest BCUT2D eigenvalue weighted by molar-refractivity contribution is 5.19. The van der Waals surface area contributed by atoms with Gasteiger partial charge in [0.2, 0.25) is 0 Å². The fraction of sp³-hybridized carbons (Fsp3) is 0.750. The minimum atomic E-state index is 0.335. The lowest BCUT2D eigenvalue weighted by Gasteiger charge is -2.12. The van der Waals surface area contributed by atoms with E-state index in [1.165, 1.54) is 0 Å². The molecule has 68 valence electrons. The van der Waals surface area contributed by atoms with Crippen LogP contribution in [0.3, 0.4) is 0 Å². The van der Waals surface area contributed by atoms with E-state index in [1.54, 1.807) is 11.0 Å². The zero-order chi connectivity index (χ0) is 9.14. The van der Waals surface area contributed by atoms with Gasteiger partial charge >= 0.3 is 0 Å². The van der Waals surface area contributed by atoms with E-state index in [-0.39, 0.29) is 0 Å². The minimum absolute atomic E-state index is 0.335. The van der Waals surface area contributed by atoms with Crippen LogP contribution in [-0.4, -0.2) is 15.0 Å². The molecular weight excluding hydrogens is 152 g/mol. The van der Waals surface area contributed by atoms with Crippen LogP contribution >= 0.6 is 0 Å². The second-order valence-electron chi connectivity index (χ2n) is 3.57. The van der Waals surface area contributed by atoms with E-state index in [2.05, 4.69) is 31.0 Å². The van der Waals surface area contributed by atoms with Crippen LogP contribution in [-0.2, 0) is 0 Å². The third-order valence-corrected chi connectivity index (χ3v) is 1.73. The van der Waals surface area contributed by atoms with Gasteiger partial charge in [-0.3, -0.25) is 0 Å². The van der Waals surface area contributed by atoms with Gasteiger partial charge in [0.25, 0.3) is 0 Å². The van der Waals surface area contributed by atoms with Crippen LogP contribution < -0.4 is 5.73 Å². The molecule has 0 aliphatic heterocycles. The predicted octanol–water partition coefficient (Wildman–Crippen LogP) is 1.47. The third-order valence-electron chi connectivity index (χ3n) is 1.73. The van der Waals surface area contributed by atoms with Crippen molar-refractivity contribution in [3.05, 3.63) is 6.20 Å². The molecule has 0 amide bonds. The molecule has 1 rings (SSSR count). The van der Waals surface area contributed by atoms with Crippen molar-refractivity contribution in [3.8, 4) is 0 Å². The summed E-state index contributed by atoms with van der Waals surface area (Å²) in [6, 6.07) is 0.335. The number of nitrogens with zero attached hydrogens (tertiary/aromatic N) is 3. The van der Waals surface area contributed by atoms with Crippen LogP contribution in [0.4, 0.5) is 5.82 Å². The molecule has 1 unspecified atom stereocenters. The van der Waals surface area contributed by atoms with Gasteiger partial charge < -0.3 is 5.73 Å². The summed E-state index contributed by atoms with van der Waals surface area (Å²) in [6.07, 6.45) is 2.66. The molecule has 0 bridgehead atoms. The zero-order valence-corrected chi connectivity index (χ0v) is 7.86. The number of aromatic nitrogens is 3. The average molecular weight is 168 g/mol. The van der Waals surface area contributed by atoms with Gasteiger partial charge in [-0.15, -0.1) is 5.10 Å². The molecule has 1 aromatic rings. The Hall–Kier alpha value is -1.06. The second-order valence-corrected chi connectivity index (χ2v) is 3.57.